The summed E-state index contributed by atoms with van der Waals surface area (Å²) in [6.07, 6.45) is 0. The first kappa shape index (κ1) is 81.3. The van der Waals surface area contributed by atoms with Gasteiger partial charge in [0.2, 0.25) is 0 Å². The first-order chi connectivity index (χ1) is 51.9. The Bertz CT molecular complexity index is 4070. The largest absolute Gasteiger partial charge is 0.491 e. The molecule has 7 aromatic rings. The molecule has 0 aromatic heterocycles. The van der Waals surface area contributed by atoms with Crippen molar-refractivity contribution in [1.82, 2.24) is 0 Å². The summed E-state index contributed by atoms with van der Waals surface area (Å²) < 4.78 is 77.6. The van der Waals surface area contributed by atoms with Crippen LogP contribution in [-0.2, 0) is 37.9 Å². The smallest absolute Gasteiger partial charge is 0.127 e. The Kier molecular flexibility index (Phi) is 33.5. The van der Waals surface area contributed by atoms with Crippen LogP contribution in [0.15, 0.2) is 192 Å². The maximum Gasteiger partial charge on any atom is 0.127 e. The van der Waals surface area contributed by atoms with Crippen molar-refractivity contribution in [1.29, 1.82) is 0 Å². The van der Waals surface area contributed by atoms with Gasteiger partial charge in [0.25, 0.3) is 0 Å². The van der Waals surface area contributed by atoms with Crippen molar-refractivity contribution >= 4 is 116 Å². The maximum atomic E-state index is 6.25. The molecule has 0 radical (unpaired) electrons. The number of ether oxygens (including phenoxy) is 12. The second kappa shape index (κ2) is 43.6. The van der Waals surface area contributed by atoms with E-state index in [0.29, 0.717) is 156 Å². The molecule has 0 bridgehead atoms. The van der Waals surface area contributed by atoms with E-state index in [2.05, 4.69) is 161 Å². The SMILES string of the molecule is CC(C)c1cccc(C(C)C)c1OCCOCCOCC1=CS/C(=C2\SC=C(COCCOCCOc3cccc4c(C#Cc5ccc(C#Cc6cccc7c(OCCOCCOCC8=CS/C(=C9\SC=C(COCCOCCOc%10c(C(C)C)cccc%10C(C)C)S9)S8)cccc67)cc5)cccc34)S2)S1. The molecule has 0 spiro atoms. The van der Waals surface area contributed by atoms with Gasteiger partial charge in [-0.1, -0.05) is 258 Å². The fourth-order valence-corrected chi connectivity index (χ4v) is 21.0. The van der Waals surface area contributed by atoms with E-state index in [0.717, 1.165) is 66.8 Å². The predicted molar refractivity (Wildman–Crippen MR) is 451 cm³/mol. The molecule has 7 aromatic carbocycles. The van der Waals surface area contributed by atoms with E-state index in [1.807, 2.05) is 72.8 Å². The molecule has 558 valence electrons. The van der Waals surface area contributed by atoms with Gasteiger partial charge in [0, 0.05) is 63.4 Å². The second-order valence-corrected chi connectivity index (χ2v) is 35.1. The average molecular weight is 1580 g/mol. The monoisotopic (exact) mass is 1570 g/mol. The van der Waals surface area contributed by atoms with Gasteiger partial charge in [-0.3, -0.25) is 0 Å². The molecule has 11 rings (SSSR count). The molecule has 12 nitrogen and oxygen atoms in total. The number of hydrogen-bond donors (Lipinski definition) is 0. The number of rotatable bonds is 40. The Balaban J connectivity index is 0.518. The molecule has 0 fully saturated rings. The molecule has 0 saturated heterocycles. The molecule has 0 unspecified atom stereocenters. The van der Waals surface area contributed by atoms with Crippen molar-refractivity contribution in [3.63, 3.8) is 0 Å². The summed E-state index contributed by atoms with van der Waals surface area (Å²) in [7, 11) is 0. The van der Waals surface area contributed by atoms with Gasteiger partial charge >= 0.3 is 0 Å². The maximum absolute atomic E-state index is 6.25. The standard InChI is InChI=1S/C86H94O12S8/c1-59(2)71-17-11-18-72(60(3)4)81(71)97-49-45-89-37-41-93-53-69-57-101-85(105-69)83-99-55-67(103-83)51-91-39-35-87-43-47-95-79-25-13-21-75-65(15-9-23-77(75)79)33-31-63-27-29-64(30-28-63)32-34-66-16-10-24-78-76(66)22-14-26-80(78)96-48-44-88-36-40-92-52-68-56-100-84(104-68)86-102-58-70(106-86)54-94-42-38-90-46-50-98-82-73(61(5)6)19-12-20-74(82)62(7)8/h9-30,55-62H,35-54H2,1-8H3/b85-83-,86-84-. The van der Waals surface area contributed by atoms with Crippen LogP contribution in [0.5, 0.6) is 23.0 Å². The van der Waals surface area contributed by atoms with Crippen LogP contribution in [0.3, 0.4) is 0 Å². The zero-order valence-corrected chi connectivity index (χ0v) is 68.2. The highest BCUT2D eigenvalue weighted by molar-refractivity contribution is 8.34. The van der Waals surface area contributed by atoms with Gasteiger partial charge in [-0.25, -0.2) is 0 Å². The normalized spacial score (nSPS) is 15.7. The Morgan fingerprint density at radius 1 is 0.264 bits per heavy atom. The highest BCUT2D eigenvalue weighted by Crippen LogP contribution is 2.57. The van der Waals surface area contributed by atoms with Crippen molar-refractivity contribution in [3.05, 3.63) is 236 Å². The summed E-state index contributed by atoms with van der Waals surface area (Å²) in [4.78, 5) is 4.81. The second-order valence-electron chi connectivity index (χ2n) is 26.0. The molecule has 106 heavy (non-hydrogen) atoms. The van der Waals surface area contributed by atoms with Gasteiger partial charge in [0.1, 0.15) is 49.4 Å². The zero-order valence-electron chi connectivity index (χ0n) is 61.6. The van der Waals surface area contributed by atoms with Crippen molar-refractivity contribution in [2.45, 2.75) is 79.1 Å². The topological polar surface area (TPSA) is 111 Å². The minimum absolute atomic E-state index is 0.397. The molecule has 20 heteroatoms. The molecule has 0 aliphatic carbocycles. The minimum Gasteiger partial charge on any atom is -0.491 e. The lowest BCUT2D eigenvalue weighted by molar-refractivity contribution is 0.0441. The summed E-state index contributed by atoms with van der Waals surface area (Å²) in [6.45, 7) is 27.8. The highest BCUT2D eigenvalue weighted by atomic mass is 32.2. The lowest BCUT2D eigenvalue weighted by Crippen LogP contribution is -2.13. The number of para-hydroxylation sites is 2. The van der Waals surface area contributed by atoms with E-state index in [4.69, 9.17) is 56.8 Å². The summed E-state index contributed by atoms with van der Waals surface area (Å²) in [6, 6.07) is 45.4. The minimum atomic E-state index is 0.397. The summed E-state index contributed by atoms with van der Waals surface area (Å²) in [5, 5.41) is 12.8. The van der Waals surface area contributed by atoms with E-state index in [1.54, 1.807) is 94.1 Å². The van der Waals surface area contributed by atoms with E-state index >= 15 is 0 Å². The lowest BCUT2D eigenvalue weighted by Gasteiger charge is -2.20. The molecular formula is C86H94O12S8. The summed E-state index contributed by atoms with van der Waals surface area (Å²) in [5.41, 5.74) is 8.63. The average Bonchev–Trinajstić information content (AvgIpc) is 1.42. The number of fused-ring (bicyclic) bond motifs is 2. The van der Waals surface area contributed by atoms with Gasteiger partial charge in [0.05, 0.1) is 123 Å². The molecule has 4 heterocycles. The van der Waals surface area contributed by atoms with Gasteiger partial charge in [-0.05, 0) is 116 Å². The first-order valence-electron chi connectivity index (χ1n) is 36.1. The molecule has 0 N–H and O–H groups in total. The van der Waals surface area contributed by atoms with Crippen LogP contribution < -0.4 is 18.9 Å². The van der Waals surface area contributed by atoms with Crippen LogP contribution in [-0.4, -0.2) is 132 Å². The quantitative estimate of drug-likeness (QED) is 0.0268. The van der Waals surface area contributed by atoms with Crippen LogP contribution in [0.25, 0.3) is 21.5 Å². The number of thioether (sulfide) groups is 8. The van der Waals surface area contributed by atoms with Crippen molar-refractivity contribution in [2.75, 3.05) is 132 Å². The molecule has 0 amide bonds. The van der Waals surface area contributed by atoms with Crippen molar-refractivity contribution in [2.24, 2.45) is 0 Å². The third-order valence-corrected chi connectivity index (χ3v) is 27.4. The van der Waals surface area contributed by atoms with Crippen LogP contribution >= 0.6 is 94.1 Å². The van der Waals surface area contributed by atoms with Crippen LogP contribution in [0.2, 0.25) is 0 Å². The third-order valence-electron chi connectivity index (χ3n) is 16.8. The molecule has 4 aliphatic rings. The van der Waals surface area contributed by atoms with Gasteiger partial charge < -0.3 is 56.8 Å². The lowest BCUT2D eigenvalue weighted by atomic mass is 9.94. The van der Waals surface area contributed by atoms with Crippen LogP contribution in [0.4, 0.5) is 0 Å². The Labute approximate surface area is 661 Å². The fourth-order valence-electron chi connectivity index (χ4n) is 11.4. The Hall–Kier alpha value is -5.70. The summed E-state index contributed by atoms with van der Waals surface area (Å²) in [5.74, 6) is 18.8. The Morgan fingerprint density at radius 2 is 0.528 bits per heavy atom. The van der Waals surface area contributed by atoms with Gasteiger partial charge in [0.15, 0.2) is 0 Å². The fraction of sp³-hybridized carbons (Fsp3) is 0.372. The summed E-state index contributed by atoms with van der Waals surface area (Å²) >= 11 is 14.2. The molecule has 0 saturated carbocycles. The Morgan fingerprint density at radius 3 is 0.840 bits per heavy atom. The van der Waals surface area contributed by atoms with Gasteiger partial charge in [-0.2, -0.15) is 0 Å². The molecule has 0 atom stereocenters. The van der Waals surface area contributed by atoms with E-state index < -0.39 is 0 Å². The van der Waals surface area contributed by atoms with E-state index in [1.165, 1.54) is 58.8 Å². The van der Waals surface area contributed by atoms with Gasteiger partial charge in [-0.15, -0.1) is 0 Å². The molecular weight excluding hydrogens is 1480 g/mol. The van der Waals surface area contributed by atoms with E-state index in [-0.39, 0.29) is 0 Å². The number of hydrogen-bond acceptors (Lipinski definition) is 20. The van der Waals surface area contributed by atoms with Crippen LogP contribution in [0, 0.1) is 23.7 Å². The van der Waals surface area contributed by atoms with Crippen LogP contribution in [0.1, 0.15) is 124 Å². The molecule has 4 aliphatic heterocycles. The first-order valence-corrected chi connectivity index (χ1v) is 42.9. The van der Waals surface area contributed by atoms with Crippen molar-refractivity contribution in [3.8, 4) is 46.7 Å². The predicted octanol–water partition coefficient (Wildman–Crippen LogP) is 21.9. The van der Waals surface area contributed by atoms with E-state index in [9.17, 15) is 0 Å². The van der Waals surface area contributed by atoms with Crippen molar-refractivity contribution < 1.29 is 56.8 Å². The highest BCUT2D eigenvalue weighted by Gasteiger charge is 2.25. The third kappa shape index (κ3) is 24.7. The zero-order chi connectivity index (χ0) is 73.7. The number of benzene rings is 7.